The Bertz CT molecular complexity index is 904. The van der Waals surface area contributed by atoms with Crippen molar-refractivity contribution >= 4 is 25.5 Å². The van der Waals surface area contributed by atoms with E-state index >= 15 is 0 Å². The molecule has 31 heavy (non-hydrogen) atoms. The predicted molar refractivity (Wildman–Crippen MR) is 113 cm³/mol. The molecule has 0 aromatic heterocycles. The van der Waals surface area contributed by atoms with Crippen LogP contribution >= 0.6 is 0 Å². The van der Waals surface area contributed by atoms with Crippen LogP contribution in [0.1, 0.15) is 31.8 Å². The Morgan fingerprint density at radius 1 is 1.16 bits per heavy atom. The lowest BCUT2D eigenvalue weighted by Crippen LogP contribution is -2.48. The molecule has 0 heterocycles. The predicted octanol–water partition coefficient (Wildman–Crippen LogP) is 0.206. The second kappa shape index (κ2) is 12.3. The second-order valence-electron chi connectivity index (χ2n) is 6.86. The smallest absolute Gasteiger partial charge is 0.475 e. The number of nitrogens with one attached hydrogen (secondary N) is 1. The lowest BCUT2D eigenvalue weighted by atomic mass is 9.75. The van der Waals surface area contributed by atoms with Crippen molar-refractivity contribution in [1.82, 2.24) is 10.2 Å². The Labute approximate surface area is 179 Å². The van der Waals surface area contributed by atoms with Gasteiger partial charge in [-0.05, 0) is 49.8 Å². The van der Waals surface area contributed by atoms with Crippen molar-refractivity contribution in [2.45, 2.75) is 18.9 Å². The average Bonchev–Trinajstić information content (AvgIpc) is 2.68. The van der Waals surface area contributed by atoms with Crippen LogP contribution in [0.2, 0.25) is 0 Å². The van der Waals surface area contributed by atoms with Gasteiger partial charge in [0.1, 0.15) is 11.3 Å². The number of carbonyl (C=O) groups excluding carboxylic acids is 1. The molecule has 0 aliphatic carbocycles. The second-order valence-corrected chi connectivity index (χ2v) is 6.86. The van der Waals surface area contributed by atoms with E-state index in [0.29, 0.717) is 12.1 Å². The molecule has 0 unspecified atom stereocenters. The monoisotopic (exact) mass is 432 g/mol. The van der Waals surface area contributed by atoms with Gasteiger partial charge in [0.15, 0.2) is 0 Å². The summed E-state index contributed by atoms with van der Waals surface area (Å²) in [5.41, 5.74) is 1.16. The third-order valence-corrected chi connectivity index (χ3v) is 4.15. The van der Waals surface area contributed by atoms with Gasteiger partial charge in [-0.2, -0.15) is 0 Å². The fourth-order valence-electron chi connectivity index (χ4n) is 2.82. The number of benzene rings is 2. The van der Waals surface area contributed by atoms with E-state index in [-0.39, 0.29) is 24.0 Å². The molecule has 1 atom stereocenters. The fourth-order valence-corrected chi connectivity index (χ4v) is 2.82. The molecule has 0 aliphatic rings. The Morgan fingerprint density at radius 2 is 1.77 bits per heavy atom. The minimum Gasteiger partial charge on any atom is -0.507 e. The van der Waals surface area contributed by atoms with Crippen LogP contribution in [0, 0.1) is 0 Å². The largest absolute Gasteiger partial charge is 0.507 e. The minimum absolute atomic E-state index is 0.159. The summed E-state index contributed by atoms with van der Waals surface area (Å²) < 4.78 is 0. The molecule has 0 saturated carbocycles. The quantitative estimate of drug-likeness (QED) is 0.252. The van der Waals surface area contributed by atoms with E-state index in [1.54, 1.807) is 18.2 Å². The number of carbonyl (C=O) groups is 3. The molecule has 2 rings (SSSR count). The first kappa shape index (κ1) is 25.6. The number of rotatable bonds is 8. The zero-order valence-electron chi connectivity index (χ0n) is 17.1. The van der Waals surface area contributed by atoms with Crippen LogP contribution in [-0.2, 0) is 17.8 Å². The number of para-hydroxylation sites is 1. The van der Waals surface area contributed by atoms with Gasteiger partial charge in [-0.1, -0.05) is 24.3 Å². The van der Waals surface area contributed by atoms with E-state index in [4.69, 9.17) is 15.0 Å². The average molecular weight is 432 g/mol. The van der Waals surface area contributed by atoms with E-state index in [1.807, 2.05) is 25.1 Å². The van der Waals surface area contributed by atoms with Gasteiger partial charge in [-0.15, -0.1) is 0 Å². The molecule has 0 aliphatic heterocycles. The molecule has 2 aromatic rings. The normalized spacial score (nSPS) is 11.1. The number of aromatic carboxylic acids is 1. The van der Waals surface area contributed by atoms with Crippen LogP contribution in [0.25, 0.3) is 0 Å². The van der Waals surface area contributed by atoms with Crippen molar-refractivity contribution in [3.05, 3.63) is 64.7 Å². The SMILES string of the molecule is CN(C)Cc1cccc(C(=O)N[C@@H](Cc2cccc(C(=O)O)c2O)B(O)O)c1.O=CO. The van der Waals surface area contributed by atoms with Gasteiger partial charge in [-0.25, -0.2) is 4.79 Å². The number of aromatic hydroxyl groups is 1. The Kier molecular flexibility index (Phi) is 10.2. The van der Waals surface area contributed by atoms with E-state index in [0.717, 1.165) is 5.56 Å². The van der Waals surface area contributed by atoms with Crippen molar-refractivity contribution in [2.75, 3.05) is 14.1 Å². The van der Waals surface area contributed by atoms with E-state index < -0.39 is 30.7 Å². The summed E-state index contributed by atoms with van der Waals surface area (Å²) in [7, 11) is 1.91. The van der Waals surface area contributed by atoms with Gasteiger partial charge in [-0.3, -0.25) is 9.59 Å². The number of amides is 1. The highest BCUT2D eigenvalue weighted by molar-refractivity contribution is 6.43. The molecule has 0 radical (unpaired) electrons. The summed E-state index contributed by atoms with van der Waals surface area (Å²) in [6.07, 6.45) is -0.159. The number of hydrogen-bond donors (Lipinski definition) is 6. The molecule has 6 N–H and O–H groups in total. The lowest BCUT2D eigenvalue weighted by Gasteiger charge is -2.19. The summed E-state index contributed by atoms with van der Waals surface area (Å²) >= 11 is 0. The van der Waals surface area contributed by atoms with E-state index in [1.165, 1.54) is 18.2 Å². The first-order valence-corrected chi connectivity index (χ1v) is 9.13. The number of carboxylic acid groups (broad SMARTS) is 2. The van der Waals surface area contributed by atoms with E-state index in [9.17, 15) is 24.7 Å². The molecule has 2 aromatic carbocycles. The summed E-state index contributed by atoms with van der Waals surface area (Å²) in [5.74, 6) is -3.42. The molecule has 0 bridgehead atoms. The van der Waals surface area contributed by atoms with Crippen molar-refractivity contribution in [3.63, 3.8) is 0 Å². The van der Waals surface area contributed by atoms with Gasteiger partial charge < -0.3 is 35.6 Å². The van der Waals surface area contributed by atoms with Gasteiger partial charge in [0.25, 0.3) is 12.4 Å². The van der Waals surface area contributed by atoms with Gasteiger partial charge in [0, 0.05) is 12.1 Å². The molecule has 0 spiro atoms. The van der Waals surface area contributed by atoms with Crippen molar-refractivity contribution in [3.8, 4) is 5.75 Å². The zero-order valence-corrected chi connectivity index (χ0v) is 17.1. The molecule has 11 heteroatoms. The topological polar surface area (TPSA) is 168 Å². The molecule has 0 saturated heterocycles. The van der Waals surface area contributed by atoms with Crippen molar-refractivity contribution < 1.29 is 39.8 Å². The van der Waals surface area contributed by atoms with Gasteiger partial charge in [0.05, 0.1) is 5.94 Å². The maximum atomic E-state index is 12.5. The molecule has 10 nitrogen and oxygen atoms in total. The highest BCUT2D eigenvalue weighted by Crippen LogP contribution is 2.24. The minimum atomic E-state index is -1.90. The van der Waals surface area contributed by atoms with Crippen LogP contribution in [0.15, 0.2) is 42.5 Å². The Morgan fingerprint density at radius 3 is 2.32 bits per heavy atom. The van der Waals surface area contributed by atoms with Crippen LogP contribution in [-0.4, -0.2) is 75.8 Å². The maximum absolute atomic E-state index is 12.5. The number of nitrogens with zero attached hydrogens (tertiary/aromatic N) is 1. The highest BCUT2D eigenvalue weighted by atomic mass is 16.4. The fraction of sp³-hybridized carbons (Fsp3) is 0.250. The van der Waals surface area contributed by atoms with E-state index in [2.05, 4.69) is 5.32 Å². The van der Waals surface area contributed by atoms with Crippen molar-refractivity contribution in [1.29, 1.82) is 0 Å². The lowest BCUT2D eigenvalue weighted by molar-refractivity contribution is -0.122. The number of carboxylic acids is 1. The first-order chi connectivity index (χ1) is 14.6. The van der Waals surface area contributed by atoms with Crippen LogP contribution in [0.5, 0.6) is 5.75 Å². The summed E-state index contributed by atoms with van der Waals surface area (Å²) in [6, 6.07) is 11.1. The molecule has 0 fully saturated rings. The van der Waals surface area contributed by atoms with Gasteiger partial charge >= 0.3 is 13.1 Å². The molecule has 1 amide bonds. The summed E-state index contributed by atoms with van der Waals surface area (Å²) in [4.78, 5) is 34.0. The Hall–Kier alpha value is -3.41. The molecular formula is C20H25BN2O8. The summed E-state index contributed by atoms with van der Waals surface area (Å²) in [5, 5.41) is 47.9. The third kappa shape index (κ3) is 8.09. The first-order valence-electron chi connectivity index (χ1n) is 9.13. The summed E-state index contributed by atoms with van der Waals surface area (Å²) in [6.45, 7) is 0.392. The molecule has 166 valence electrons. The van der Waals surface area contributed by atoms with Crippen molar-refractivity contribution in [2.24, 2.45) is 0 Å². The Balaban J connectivity index is 0.00000151. The number of hydrogen-bond acceptors (Lipinski definition) is 7. The molecular weight excluding hydrogens is 407 g/mol. The third-order valence-electron chi connectivity index (χ3n) is 4.15. The zero-order chi connectivity index (χ0) is 23.6. The maximum Gasteiger partial charge on any atom is 0.475 e. The van der Waals surface area contributed by atoms with Crippen LogP contribution in [0.3, 0.4) is 0 Å². The van der Waals surface area contributed by atoms with Crippen LogP contribution < -0.4 is 5.32 Å². The van der Waals surface area contributed by atoms with Gasteiger partial charge in [0.2, 0.25) is 0 Å². The van der Waals surface area contributed by atoms with Crippen LogP contribution in [0.4, 0.5) is 0 Å². The highest BCUT2D eigenvalue weighted by Gasteiger charge is 2.28. The number of phenols is 1. The standard InChI is InChI=1S/C19H23BN2O6.CH2O2/c1-22(2)11-12-5-3-7-14(9-12)18(24)21-16(20(27)28)10-13-6-4-8-15(17(13)23)19(25)26;2-1-3/h3-9,16,23,27-28H,10-11H2,1-2H3,(H,21,24)(H,25,26);1H,(H,2,3)/t16-;/m0./s1.